The molecule has 3 aromatic heterocycles. The molecule has 164 valence electrons. The number of nitrogens with zero attached hydrogens (tertiary/aromatic N) is 5. The number of benzene rings is 1. The summed E-state index contributed by atoms with van der Waals surface area (Å²) >= 11 is 0. The molecule has 0 spiro atoms. The van der Waals surface area contributed by atoms with Crippen molar-refractivity contribution < 1.29 is 24.0 Å². The number of anilines is 1. The molecule has 0 aliphatic carbocycles. The summed E-state index contributed by atoms with van der Waals surface area (Å²) in [5, 5.41) is 29.1. The van der Waals surface area contributed by atoms with Crippen molar-refractivity contribution in [1.29, 1.82) is 0 Å². The van der Waals surface area contributed by atoms with E-state index in [9.17, 15) is 24.8 Å². The first-order chi connectivity index (χ1) is 15.9. The van der Waals surface area contributed by atoms with Gasteiger partial charge in [-0.1, -0.05) is 12.1 Å². The molecular weight excluding hydrogens is 432 g/mol. The van der Waals surface area contributed by atoms with Crippen LogP contribution in [0, 0.1) is 17.0 Å². The summed E-state index contributed by atoms with van der Waals surface area (Å²) in [6, 6.07) is 7.24. The van der Waals surface area contributed by atoms with Crippen LogP contribution in [0.5, 0.6) is 0 Å². The van der Waals surface area contributed by atoms with E-state index < -0.39 is 28.4 Å². The Labute approximate surface area is 184 Å². The molecule has 1 aromatic carbocycles. The van der Waals surface area contributed by atoms with E-state index in [0.717, 1.165) is 4.90 Å². The number of nitro benzene ring substituents is 1. The standard InChI is InChI=1S/C21H14N6O6/c1-10-5-6-14(33-10)17(28)15-16(11-3-2-4-12(7-11)27(31)32)26(21(30)18(15)29)20-13-8-24-25-19(13)22-9-23-20/h2-9,16,29H,1H3,(H,22,23,24,25). The fraction of sp³-hybridized carbons (Fsp3) is 0.0952. The van der Waals surface area contributed by atoms with Gasteiger partial charge in [0.15, 0.2) is 23.0 Å². The van der Waals surface area contributed by atoms with Crippen LogP contribution in [-0.4, -0.2) is 41.9 Å². The highest BCUT2D eigenvalue weighted by molar-refractivity contribution is 6.21. The molecule has 1 aliphatic heterocycles. The molecule has 1 unspecified atom stereocenters. The van der Waals surface area contributed by atoms with Crippen molar-refractivity contribution >= 4 is 34.2 Å². The van der Waals surface area contributed by atoms with Crippen LogP contribution >= 0.6 is 0 Å². The number of amides is 1. The van der Waals surface area contributed by atoms with Gasteiger partial charge in [0, 0.05) is 12.1 Å². The van der Waals surface area contributed by atoms with Gasteiger partial charge in [-0.05, 0) is 24.6 Å². The van der Waals surface area contributed by atoms with Gasteiger partial charge >= 0.3 is 0 Å². The number of carbonyl (C=O) groups excluding carboxylic acids is 2. The zero-order chi connectivity index (χ0) is 23.3. The Hall–Kier alpha value is -4.87. The maximum absolute atomic E-state index is 13.3. The van der Waals surface area contributed by atoms with Gasteiger partial charge in [0.1, 0.15) is 12.1 Å². The molecule has 1 aliphatic rings. The first kappa shape index (κ1) is 20.1. The lowest BCUT2D eigenvalue weighted by Gasteiger charge is -2.25. The van der Waals surface area contributed by atoms with E-state index in [-0.39, 0.29) is 28.4 Å². The fourth-order valence-electron chi connectivity index (χ4n) is 3.81. The summed E-state index contributed by atoms with van der Waals surface area (Å²) in [7, 11) is 0. The number of carbonyl (C=O) groups is 2. The number of aliphatic hydroxyl groups is 1. The van der Waals surface area contributed by atoms with Gasteiger partial charge < -0.3 is 9.52 Å². The van der Waals surface area contributed by atoms with Crippen LogP contribution in [0.25, 0.3) is 11.0 Å². The number of furan rings is 1. The molecular formula is C21H14N6O6. The SMILES string of the molecule is Cc1ccc(C(=O)C2=C(O)C(=O)N(c3ncnc4[nH]ncc34)C2c2cccc([N+](=O)[O-])c2)o1. The van der Waals surface area contributed by atoms with E-state index in [2.05, 4.69) is 20.2 Å². The lowest BCUT2D eigenvalue weighted by Crippen LogP contribution is -2.32. The molecule has 33 heavy (non-hydrogen) atoms. The summed E-state index contributed by atoms with van der Waals surface area (Å²) in [6.45, 7) is 1.64. The smallest absolute Gasteiger partial charge is 0.295 e. The van der Waals surface area contributed by atoms with Gasteiger partial charge in [0.2, 0.25) is 5.78 Å². The minimum absolute atomic E-state index is 0.0697. The third kappa shape index (κ3) is 3.12. The van der Waals surface area contributed by atoms with Gasteiger partial charge in [-0.25, -0.2) is 9.97 Å². The molecule has 4 aromatic rings. The number of nitro groups is 1. The predicted octanol–water partition coefficient (Wildman–Crippen LogP) is 2.95. The van der Waals surface area contributed by atoms with E-state index in [1.165, 1.54) is 42.9 Å². The van der Waals surface area contributed by atoms with Gasteiger partial charge in [0.25, 0.3) is 11.6 Å². The first-order valence-electron chi connectivity index (χ1n) is 9.63. The van der Waals surface area contributed by atoms with Crippen molar-refractivity contribution in [2.45, 2.75) is 13.0 Å². The molecule has 0 saturated carbocycles. The maximum atomic E-state index is 13.3. The number of aryl methyl sites for hydroxylation is 1. The fourth-order valence-corrected chi connectivity index (χ4v) is 3.81. The number of aliphatic hydroxyl groups excluding tert-OH is 1. The second-order valence-electron chi connectivity index (χ2n) is 7.26. The average Bonchev–Trinajstić information content (AvgIpc) is 3.52. The molecule has 0 saturated heterocycles. The molecule has 0 bridgehead atoms. The van der Waals surface area contributed by atoms with Crippen molar-refractivity contribution in [2.24, 2.45) is 0 Å². The topological polar surface area (TPSA) is 168 Å². The number of H-pyrrole nitrogens is 1. The number of nitrogens with one attached hydrogen (secondary N) is 1. The first-order valence-corrected chi connectivity index (χ1v) is 9.63. The number of Topliss-reactive ketones (excluding diaryl/α,β-unsaturated/α-hetero) is 1. The Morgan fingerprint density at radius 1 is 1.27 bits per heavy atom. The molecule has 0 radical (unpaired) electrons. The number of rotatable bonds is 5. The van der Waals surface area contributed by atoms with E-state index in [1.807, 2.05) is 0 Å². The third-order valence-electron chi connectivity index (χ3n) is 5.27. The van der Waals surface area contributed by atoms with Crippen LogP contribution in [-0.2, 0) is 4.79 Å². The summed E-state index contributed by atoms with van der Waals surface area (Å²) in [5.74, 6) is -2.00. The number of ketones is 1. The highest BCUT2D eigenvalue weighted by Gasteiger charge is 2.46. The molecule has 12 heteroatoms. The Morgan fingerprint density at radius 2 is 2.09 bits per heavy atom. The molecule has 5 rings (SSSR count). The Bertz CT molecular complexity index is 1490. The van der Waals surface area contributed by atoms with Crippen LogP contribution in [0.2, 0.25) is 0 Å². The quantitative estimate of drug-likeness (QED) is 0.266. The van der Waals surface area contributed by atoms with Crippen molar-refractivity contribution in [3.05, 3.63) is 87.5 Å². The lowest BCUT2D eigenvalue weighted by atomic mass is 9.94. The van der Waals surface area contributed by atoms with Gasteiger partial charge in [0.05, 0.1) is 28.1 Å². The second-order valence-corrected chi connectivity index (χ2v) is 7.26. The number of aromatic nitrogens is 4. The van der Waals surface area contributed by atoms with E-state index in [0.29, 0.717) is 16.8 Å². The number of non-ortho nitro benzene ring substituents is 1. The molecule has 12 nitrogen and oxygen atoms in total. The van der Waals surface area contributed by atoms with Gasteiger partial charge in [-0.2, -0.15) is 5.10 Å². The summed E-state index contributed by atoms with van der Waals surface area (Å²) in [4.78, 5) is 46.7. The minimum Gasteiger partial charge on any atom is -0.503 e. The van der Waals surface area contributed by atoms with Crippen molar-refractivity contribution in [3.63, 3.8) is 0 Å². The second kappa shape index (κ2) is 7.37. The average molecular weight is 446 g/mol. The zero-order valence-electron chi connectivity index (χ0n) is 16.9. The van der Waals surface area contributed by atoms with E-state index >= 15 is 0 Å². The molecule has 1 amide bonds. The van der Waals surface area contributed by atoms with E-state index in [4.69, 9.17) is 4.42 Å². The number of hydrogen-bond acceptors (Lipinski definition) is 9. The summed E-state index contributed by atoms with van der Waals surface area (Å²) < 4.78 is 5.41. The number of hydrogen-bond donors (Lipinski definition) is 2. The third-order valence-corrected chi connectivity index (χ3v) is 5.27. The molecule has 4 heterocycles. The van der Waals surface area contributed by atoms with Crippen LogP contribution < -0.4 is 4.90 Å². The lowest BCUT2D eigenvalue weighted by molar-refractivity contribution is -0.384. The maximum Gasteiger partial charge on any atom is 0.295 e. The van der Waals surface area contributed by atoms with Crippen molar-refractivity contribution in [2.75, 3.05) is 4.90 Å². The van der Waals surface area contributed by atoms with Crippen molar-refractivity contribution in [3.8, 4) is 0 Å². The molecule has 1 atom stereocenters. The van der Waals surface area contributed by atoms with Crippen LogP contribution in [0.15, 0.2) is 64.7 Å². The largest absolute Gasteiger partial charge is 0.503 e. The highest BCUT2D eigenvalue weighted by Crippen LogP contribution is 2.43. The zero-order valence-corrected chi connectivity index (χ0v) is 16.9. The summed E-state index contributed by atoms with van der Waals surface area (Å²) in [6.07, 6.45) is 2.59. The normalized spacial score (nSPS) is 16.1. The molecule has 2 N–H and O–H groups in total. The van der Waals surface area contributed by atoms with Crippen LogP contribution in [0.1, 0.15) is 27.9 Å². The minimum atomic E-state index is -1.22. The monoisotopic (exact) mass is 446 g/mol. The number of fused-ring (bicyclic) bond motifs is 1. The predicted molar refractivity (Wildman–Crippen MR) is 112 cm³/mol. The van der Waals surface area contributed by atoms with Gasteiger partial charge in [-0.15, -0.1) is 0 Å². The van der Waals surface area contributed by atoms with Gasteiger partial charge in [-0.3, -0.25) is 29.7 Å². The highest BCUT2D eigenvalue weighted by atomic mass is 16.6. The Balaban J connectivity index is 1.74. The van der Waals surface area contributed by atoms with Crippen LogP contribution in [0.3, 0.4) is 0 Å². The van der Waals surface area contributed by atoms with Crippen LogP contribution in [0.4, 0.5) is 11.5 Å². The van der Waals surface area contributed by atoms with E-state index in [1.54, 1.807) is 13.0 Å². The molecule has 0 fully saturated rings. The Morgan fingerprint density at radius 3 is 2.82 bits per heavy atom. The number of aromatic amines is 1. The van der Waals surface area contributed by atoms with Crippen molar-refractivity contribution in [1.82, 2.24) is 20.2 Å². The summed E-state index contributed by atoms with van der Waals surface area (Å²) in [5.41, 5.74) is 0.0168. The Kier molecular flexibility index (Phi) is 4.48.